The Morgan fingerprint density at radius 3 is 3.00 bits per heavy atom. The molecular weight excluding hydrogens is 203 g/mol. The van der Waals surface area contributed by atoms with Gasteiger partial charge in [-0.25, -0.2) is 4.39 Å². The van der Waals surface area contributed by atoms with Crippen LogP contribution in [0.2, 0.25) is 0 Å². The van der Waals surface area contributed by atoms with Crippen LogP contribution in [0.5, 0.6) is 11.5 Å². The van der Waals surface area contributed by atoms with Crippen molar-refractivity contribution in [3.05, 3.63) is 24.0 Å². The Morgan fingerprint density at radius 1 is 1.50 bits per heavy atom. The zero-order valence-corrected chi connectivity index (χ0v) is 8.39. The van der Waals surface area contributed by atoms with Gasteiger partial charge in [0.1, 0.15) is 11.2 Å². The van der Waals surface area contributed by atoms with Crippen LogP contribution in [-0.4, -0.2) is 16.3 Å². The first kappa shape index (κ1) is 9.65. The normalized spacial score (nSPS) is 21.1. The third kappa shape index (κ3) is 2.12. The summed E-state index contributed by atoms with van der Waals surface area (Å²) in [6.07, 6.45) is 2.16. The number of benzene rings is 1. The van der Waals surface area contributed by atoms with Gasteiger partial charge < -0.3 is 9.84 Å². The predicted octanol–water partition coefficient (Wildman–Crippen LogP) is 2.76. The molecule has 4 heteroatoms. The fourth-order valence-electron chi connectivity index (χ4n) is 1.35. The molecule has 0 unspecified atom stereocenters. The van der Waals surface area contributed by atoms with E-state index in [9.17, 15) is 4.39 Å². The molecule has 14 heavy (non-hydrogen) atoms. The lowest BCUT2D eigenvalue weighted by Gasteiger charge is -2.12. The van der Waals surface area contributed by atoms with Gasteiger partial charge in [-0.2, -0.15) is 0 Å². The molecule has 0 saturated carbocycles. The van der Waals surface area contributed by atoms with Crippen LogP contribution in [-0.2, 0) is 0 Å². The molecular formula is C10H11FO2S. The van der Waals surface area contributed by atoms with Gasteiger partial charge in [0.2, 0.25) is 0 Å². The van der Waals surface area contributed by atoms with Gasteiger partial charge in [0.15, 0.2) is 11.6 Å². The van der Waals surface area contributed by atoms with Crippen molar-refractivity contribution in [2.75, 3.05) is 5.75 Å². The number of hydrogen-bond acceptors (Lipinski definition) is 3. The van der Waals surface area contributed by atoms with Gasteiger partial charge in [-0.05, 0) is 30.7 Å². The maximum Gasteiger partial charge on any atom is 0.168 e. The number of phenolic OH excluding ortho intramolecular Hbond substituents is 1. The molecule has 1 atom stereocenters. The van der Waals surface area contributed by atoms with E-state index in [0.717, 1.165) is 18.6 Å². The van der Waals surface area contributed by atoms with Crippen molar-refractivity contribution in [1.82, 2.24) is 0 Å². The van der Waals surface area contributed by atoms with Crippen LogP contribution in [0.3, 0.4) is 0 Å². The van der Waals surface area contributed by atoms with Crippen molar-refractivity contribution < 1.29 is 14.2 Å². The number of halogens is 1. The van der Waals surface area contributed by atoms with Crippen LogP contribution in [0, 0.1) is 5.82 Å². The van der Waals surface area contributed by atoms with Gasteiger partial charge in [0.25, 0.3) is 0 Å². The van der Waals surface area contributed by atoms with Gasteiger partial charge in [-0.15, -0.1) is 11.8 Å². The average Bonchev–Trinajstić information content (AvgIpc) is 2.64. The third-order valence-electron chi connectivity index (χ3n) is 2.07. The summed E-state index contributed by atoms with van der Waals surface area (Å²) in [4.78, 5) is 0. The monoisotopic (exact) mass is 214 g/mol. The van der Waals surface area contributed by atoms with Crippen LogP contribution in [0.4, 0.5) is 4.39 Å². The third-order valence-corrected chi connectivity index (χ3v) is 3.30. The van der Waals surface area contributed by atoms with E-state index < -0.39 is 5.82 Å². The second-order valence-corrected chi connectivity index (χ2v) is 4.44. The lowest BCUT2D eigenvalue weighted by molar-refractivity contribution is 0.282. The lowest BCUT2D eigenvalue weighted by Crippen LogP contribution is -2.07. The first-order chi connectivity index (χ1) is 6.75. The number of ether oxygens (including phenoxy) is 1. The quantitative estimate of drug-likeness (QED) is 0.820. The molecule has 1 heterocycles. The second-order valence-electron chi connectivity index (χ2n) is 3.17. The van der Waals surface area contributed by atoms with Crippen molar-refractivity contribution in [3.8, 4) is 11.5 Å². The Kier molecular flexibility index (Phi) is 2.82. The summed E-state index contributed by atoms with van der Waals surface area (Å²) in [7, 11) is 0. The molecule has 2 nitrogen and oxygen atoms in total. The average molecular weight is 214 g/mol. The molecule has 0 aromatic heterocycles. The molecule has 1 aliphatic heterocycles. The molecule has 0 radical (unpaired) electrons. The second kappa shape index (κ2) is 4.09. The number of phenols is 1. The number of rotatable bonds is 2. The molecule has 1 aromatic carbocycles. The molecule has 1 aliphatic rings. The van der Waals surface area contributed by atoms with Gasteiger partial charge >= 0.3 is 0 Å². The predicted molar refractivity (Wildman–Crippen MR) is 54.2 cm³/mol. The van der Waals surface area contributed by atoms with Crippen molar-refractivity contribution in [3.63, 3.8) is 0 Å². The highest BCUT2D eigenvalue weighted by molar-refractivity contribution is 8.00. The molecule has 2 rings (SSSR count). The minimum Gasteiger partial charge on any atom is -0.505 e. The Hall–Kier alpha value is -0.900. The van der Waals surface area contributed by atoms with Crippen molar-refractivity contribution in [2.45, 2.75) is 18.3 Å². The zero-order valence-electron chi connectivity index (χ0n) is 7.57. The van der Waals surface area contributed by atoms with Crippen LogP contribution in [0.15, 0.2) is 18.2 Å². The van der Waals surface area contributed by atoms with Crippen LogP contribution >= 0.6 is 11.8 Å². The van der Waals surface area contributed by atoms with Crippen LogP contribution < -0.4 is 4.74 Å². The van der Waals surface area contributed by atoms with E-state index in [2.05, 4.69) is 0 Å². The highest BCUT2D eigenvalue weighted by Gasteiger charge is 2.17. The first-order valence-corrected chi connectivity index (χ1v) is 5.57. The van der Waals surface area contributed by atoms with Crippen molar-refractivity contribution >= 4 is 11.8 Å². The summed E-state index contributed by atoms with van der Waals surface area (Å²) in [5.74, 6) is 0.618. The van der Waals surface area contributed by atoms with E-state index in [1.54, 1.807) is 17.8 Å². The molecule has 1 aromatic rings. The van der Waals surface area contributed by atoms with E-state index >= 15 is 0 Å². The standard InChI is InChI=1S/C10H11FO2S/c11-8-6-7(3-4-9(8)12)13-10-2-1-5-14-10/h3-4,6,10,12H,1-2,5H2/t10-/m1/s1. The largest absolute Gasteiger partial charge is 0.505 e. The number of aromatic hydroxyl groups is 1. The molecule has 0 amide bonds. The van der Waals surface area contributed by atoms with E-state index in [1.165, 1.54) is 12.1 Å². The van der Waals surface area contributed by atoms with E-state index in [4.69, 9.17) is 9.84 Å². The number of hydrogen-bond donors (Lipinski definition) is 1. The smallest absolute Gasteiger partial charge is 0.168 e. The summed E-state index contributed by atoms with van der Waals surface area (Å²) < 4.78 is 18.4. The molecule has 0 bridgehead atoms. The highest BCUT2D eigenvalue weighted by Crippen LogP contribution is 2.30. The van der Waals surface area contributed by atoms with E-state index in [0.29, 0.717) is 5.75 Å². The maximum absolute atomic E-state index is 12.9. The van der Waals surface area contributed by atoms with E-state index in [1.807, 2.05) is 0 Å². The van der Waals surface area contributed by atoms with E-state index in [-0.39, 0.29) is 11.2 Å². The Morgan fingerprint density at radius 2 is 2.36 bits per heavy atom. The van der Waals surface area contributed by atoms with Gasteiger partial charge in [0, 0.05) is 6.07 Å². The Labute approximate surface area is 86.1 Å². The SMILES string of the molecule is Oc1ccc(O[C@H]2CCCS2)cc1F. The molecule has 76 valence electrons. The van der Waals surface area contributed by atoms with Gasteiger partial charge in [-0.3, -0.25) is 0 Å². The van der Waals surface area contributed by atoms with Crippen LogP contribution in [0.25, 0.3) is 0 Å². The number of thioether (sulfide) groups is 1. The first-order valence-electron chi connectivity index (χ1n) is 4.52. The van der Waals surface area contributed by atoms with Gasteiger partial charge in [0.05, 0.1) is 0 Å². The fraction of sp³-hybridized carbons (Fsp3) is 0.400. The summed E-state index contributed by atoms with van der Waals surface area (Å²) in [5, 5.41) is 8.97. The molecule has 1 N–H and O–H groups in total. The Balaban J connectivity index is 2.05. The summed E-state index contributed by atoms with van der Waals surface area (Å²) in [6.45, 7) is 0. The minimum atomic E-state index is -0.634. The summed E-state index contributed by atoms with van der Waals surface area (Å²) in [5.41, 5.74) is 0.138. The Bertz CT molecular complexity index is 324. The molecule has 0 aliphatic carbocycles. The summed E-state index contributed by atoms with van der Waals surface area (Å²) >= 11 is 1.74. The minimum absolute atomic E-state index is 0.138. The molecule has 0 spiro atoms. The van der Waals surface area contributed by atoms with Crippen molar-refractivity contribution in [1.29, 1.82) is 0 Å². The summed E-state index contributed by atoms with van der Waals surface area (Å²) in [6, 6.07) is 4.11. The molecule has 1 fully saturated rings. The van der Waals surface area contributed by atoms with Crippen molar-refractivity contribution in [2.24, 2.45) is 0 Å². The maximum atomic E-state index is 12.9. The zero-order chi connectivity index (χ0) is 9.97. The highest BCUT2D eigenvalue weighted by atomic mass is 32.2. The lowest BCUT2D eigenvalue weighted by atomic mass is 10.3. The topological polar surface area (TPSA) is 29.5 Å². The fourth-order valence-corrected chi connectivity index (χ4v) is 2.46. The molecule has 1 saturated heterocycles. The van der Waals surface area contributed by atoms with Gasteiger partial charge in [-0.1, -0.05) is 0 Å². The van der Waals surface area contributed by atoms with Crippen LogP contribution in [0.1, 0.15) is 12.8 Å².